The van der Waals surface area contributed by atoms with Gasteiger partial charge in [-0.15, -0.1) is 11.8 Å². The summed E-state index contributed by atoms with van der Waals surface area (Å²) in [5, 5.41) is 7.61. The first-order chi connectivity index (χ1) is 8.33. The van der Waals surface area contributed by atoms with Crippen LogP contribution in [0.2, 0.25) is 0 Å². The van der Waals surface area contributed by atoms with Crippen LogP contribution < -0.4 is 5.32 Å². The Labute approximate surface area is 105 Å². The highest BCUT2D eigenvalue weighted by Gasteiger charge is 2.22. The van der Waals surface area contributed by atoms with Gasteiger partial charge in [0.1, 0.15) is 0 Å². The van der Waals surface area contributed by atoms with Crippen LogP contribution in [0.3, 0.4) is 0 Å². The standard InChI is InChI=1S/C13H15N3S/c1-16-8-11(7-15-16)14-6-10-9-17-13-5-3-2-4-12(10)13/h2-5,7-8,10,14H,6,9H2,1H3. The number of nitrogens with zero attached hydrogens (tertiary/aromatic N) is 2. The van der Waals surface area contributed by atoms with Crippen molar-refractivity contribution in [2.24, 2.45) is 7.05 Å². The van der Waals surface area contributed by atoms with Crippen LogP contribution in [0.4, 0.5) is 5.69 Å². The lowest BCUT2D eigenvalue weighted by molar-refractivity contribution is 0.767. The summed E-state index contributed by atoms with van der Waals surface area (Å²) in [7, 11) is 1.94. The Bertz CT molecular complexity index is 521. The molecule has 0 radical (unpaired) electrons. The molecule has 1 aromatic heterocycles. The Morgan fingerprint density at radius 2 is 2.35 bits per heavy atom. The number of benzene rings is 1. The predicted molar refractivity (Wildman–Crippen MR) is 71.6 cm³/mol. The van der Waals surface area contributed by atoms with Crippen LogP contribution in [0.15, 0.2) is 41.6 Å². The summed E-state index contributed by atoms with van der Waals surface area (Å²) in [6.45, 7) is 0.982. The van der Waals surface area contributed by atoms with E-state index in [2.05, 4.69) is 34.7 Å². The first kappa shape index (κ1) is 10.7. The lowest BCUT2D eigenvalue weighted by Gasteiger charge is -2.11. The van der Waals surface area contributed by atoms with E-state index in [9.17, 15) is 0 Å². The van der Waals surface area contributed by atoms with Crippen molar-refractivity contribution in [1.82, 2.24) is 9.78 Å². The summed E-state index contributed by atoms with van der Waals surface area (Å²) in [4.78, 5) is 1.44. The third-order valence-corrected chi connectivity index (χ3v) is 4.31. The van der Waals surface area contributed by atoms with Crippen LogP contribution >= 0.6 is 11.8 Å². The number of hydrogen-bond acceptors (Lipinski definition) is 3. The number of aryl methyl sites for hydroxylation is 1. The van der Waals surface area contributed by atoms with E-state index in [1.54, 1.807) is 0 Å². The molecule has 1 aliphatic heterocycles. The van der Waals surface area contributed by atoms with Crippen LogP contribution in [0.1, 0.15) is 11.5 Å². The highest BCUT2D eigenvalue weighted by Crippen LogP contribution is 2.39. The van der Waals surface area contributed by atoms with E-state index in [-0.39, 0.29) is 0 Å². The number of anilines is 1. The summed E-state index contributed by atoms with van der Waals surface area (Å²) in [6, 6.07) is 8.69. The van der Waals surface area contributed by atoms with Gasteiger partial charge in [-0.25, -0.2) is 0 Å². The van der Waals surface area contributed by atoms with E-state index in [4.69, 9.17) is 0 Å². The van der Waals surface area contributed by atoms with Gasteiger partial charge in [0.25, 0.3) is 0 Å². The van der Waals surface area contributed by atoms with Crippen molar-refractivity contribution in [2.45, 2.75) is 10.8 Å². The Kier molecular flexibility index (Phi) is 2.81. The molecule has 3 nitrogen and oxygen atoms in total. The minimum Gasteiger partial charge on any atom is -0.382 e. The monoisotopic (exact) mass is 245 g/mol. The van der Waals surface area contributed by atoms with E-state index in [1.165, 1.54) is 16.2 Å². The van der Waals surface area contributed by atoms with Gasteiger partial charge in [0.2, 0.25) is 0 Å². The fourth-order valence-corrected chi connectivity index (χ4v) is 3.41. The molecule has 1 atom stereocenters. The van der Waals surface area contributed by atoms with Crippen LogP contribution in [-0.4, -0.2) is 22.1 Å². The molecule has 0 amide bonds. The minimum atomic E-state index is 0.608. The van der Waals surface area contributed by atoms with E-state index in [0.717, 1.165) is 12.2 Å². The van der Waals surface area contributed by atoms with Gasteiger partial charge < -0.3 is 5.32 Å². The van der Waals surface area contributed by atoms with E-state index in [1.807, 2.05) is 35.9 Å². The van der Waals surface area contributed by atoms with Gasteiger partial charge in [0.15, 0.2) is 0 Å². The van der Waals surface area contributed by atoms with Crippen molar-refractivity contribution in [3.63, 3.8) is 0 Å². The number of hydrogen-bond donors (Lipinski definition) is 1. The predicted octanol–water partition coefficient (Wildman–Crippen LogP) is 2.72. The Morgan fingerprint density at radius 3 is 3.18 bits per heavy atom. The topological polar surface area (TPSA) is 29.9 Å². The third kappa shape index (κ3) is 2.17. The van der Waals surface area contributed by atoms with E-state index >= 15 is 0 Å². The molecular formula is C13H15N3S. The molecule has 1 aliphatic rings. The van der Waals surface area contributed by atoms with Crippen LogP contribution in [0.5, 0.6) is 0 Å². The largest absolute Gasteiger partial charge is 0.382 e. The van der Waals surface area contributed by atoms with Gasteiger partial charge in [-0.3, -0.25) is 4.68 Å². The molecule has 1 unspecified atom stereocenters. The third-order valence-electron chi connectivity index (χ3n) is 3.06. The molecule has 0 fully saturated rings. The highest BCUT2D eigenvalue weighted by atomic mass is 32.2. The SMILES string of the molecule is Cn1cc(NCC2CSc3ccccc32)cn1. The average molecular weight is 245 g/mol. The average Bonchev–Trinajstić information content (AvgIpc) is 2.93. The minimum absolute atomic E-state index is 0.608. The lowest BCUT2D eigenvalue weighted by Crippen LogP contribution is -2.11. The molecule has 0 saturated heterocycles. The van der Waals surface area contributed by atoms with Crippen molar-refractivity contribution in [2.75, 3.05) is 17.6 Å². The zero-order valence-electron chi connectivity index (χ0n) is 9.76. The van der Waals surface area contributed by atoms with Crippen molar-refractivity contribution in [3.8, 4) is 0 Å². The summed E-state index contributed by atoms with van der Waals surface area (Å²) >= 11 is 1.96. The van der Waals surface area contributed by atoms with Crippen LogP contribution in [0.25, 0.3) is 0 Å². The molecule has 3 rings (SSSR count). The smallest absolute Gasteiger partial charge is 0.0726 e. The summed E-state index contributed by atoms with van der Waals surface area (Å²) < 4.78 is 1.82. The number of nitrogens with one attached hydrogen (secondary N) is 1. The summed E-state index contributed by atoms with van der Waals surface area (Å²) in [5.74, 6) is 1.78. The maximum atomic E-state index is 4.16. The molecular weight excluding hydrogens is 230 g/mol. The fourth-order valence-electron chi connectivity index (χ4n) is 2.15. The maximum Gasteiger partial charge on any atom is 0.0726 e. The zero-order valence-corrected chi connectivity index (χ0v) is 10.6. The van der Waals surface area contributed by atoms with Crippen LogP contribution in [0, 0.1) is 0 Å². The quantitative estimate of drug-likeness (QED) is 0.901. The molecule has 88 valence electrons. The van der Waals surface area contributed by atoms with Gasteiger partial charge in [-0.1, -0.05) is 18.2 Å². The number of aromatic nitrogens is 2. The summed E-state index contributed by atoms with van der Waals surface area (Å²) in [5.41, 5.74) is 2.58. The zero-order chi connectivity index (χ0) is 11.7. The molecule has 0 bridgehead atoms. The number of rotatable bonds is 3. The molecule has 0 spiro atoms. The Hall–Kier alpha value is -1.42. The molecule has 1 aromatic carbocycles. The molecule has 0 aliphatic carbocycles. The van der Waals surface area contributed by atoms with E-state index in [0.29, 0.717) is 5.92 Å². The van der Waals surface area contributed by atoms with Gasteiger partial charge in [-0.05, 0) is 11.6 Å². The fraction of sp³-hybridized carbons (Fsp3) is 0.308. The van der Waals surface area contributed by atoms with Crippen molar-refractivity contribution in [3.05, 3.63) is 42.2 Å². The first-order valence-electron chi connectivity index (χ1n) is 5.77. The number of fused-ring (bicyclic) bond motifs is 1. The maximum absolute atomic E-state index is 4.16. The van der Waals surface area contributed by atoms with Crippen LogP contribution in [-0.2, 0) is 7.05 Å². The number of thioether (sulfide) groups is 1. The van der Waals surface area contributed by atoms with Crippen molar-refractivity contribution >= 4 is 17.4 Å². The second-order valence-electron chi connectivity index (χ2n) is 4.33. The first-order valence-corrected chi connectivity index (χ1v) is 6.76. The van der Waals surface area contributed by atoms with Crippen molar-refractivity contribution in [1.29, 1.82) is 0 Å². The van der Waals surface area contributed by atoms with E-state index < -0.39 is 0 Å². The van der Waals surface area contributed by atoms with Gasteiger partial charge in [0, 0.05) is 36.4 Å². The molecule has 2 heterocycles. The van der Waals surface area contributed by atoms with Gasteiger partial charge >= 0.3 is 0 Å². The molecule has 4 heteroatoms. The Morgan fingerprint density at radius 1 is 1.47 bits per heavy atom. The highest BCUT2D eigenvalue weighted by molar-refractivity contribution is 7.99. The molecule has 2 aromatic rings. The molecule has 17 heavy (non-hydrogen) atoms. The van der Waals surface area contributed by atoms with Gasteiger partial charge in [0.05, 0.1) is 11.9 Å². The molecule has 1 N–H and O–H groups in total. The van der Waals surface area contributed by atoms with Gasteiger partial charge in [-0.2, -0.15) is 5.10 Å². The summed E-state index contributed by atoms with van der Waals surface area (Å²) in [6.07, 6.45) is 3.88. The normalized spacial score (nSPS) is 18.1. The molecule has 0 saturated carbocycles. The Balaban J connectivity index is 1.68. The second kappa shape index (κ2) is 4.45. The van der Waals surface area contributed by atoms with Crippen molar-refractivity contribution < 1.29 is 0 Å². The second-order valence-corrected chi connectivity index (χ2v) is 5.39. The lowest BCUT2D eigenvalue weighted by atomic mass is 10.0.